The van der Waals surface area contributed by atoms with Crippen LogP contribution in [0.3, 0.4) is 0 Å². The van der Waals surface area contributed by atoms with Gasteiger partial charge in [0.2, 0.25) is 11.8 Å². The zero-order chi connectivity index (χ0) is 15.8. The first-order valence-corrected chi connectivity index (χ1v) is 6.42. The summed E-state index contributed by atoms with van der Waals surface area (Å²) in [4.78, 5) is 35.5. The Morgan fingerprint density at radius 2 is 1.95 bits per heavy atom. The standard InChI is InChI=1S/C13H16ClN3O4/c1-17(12(19)7-15-13(20)21-2)8-11(18)16-10-6-4-3-5-9(10)14/h3-6H,7-8H2,1-2H3,(H,15,20)(H,16,18). The number of methoxy groups -OCH3 is 1. The van der Waals surface area contributed by atoms with Gasteiger partial charge in [0.15, 0.2) is 0 Å². The third kappa shape index (κ3) is 5.70. The number of carbonyl (C=O) groups excluding carboxylic acids is 3. The van der Waals surface area contributed by atoms with Crippen molar-refractivity contribution in [2.24, 2.45) is 0 Å². The van der Waals surface area contributed by atoms with E-state index < -0.39 is 17.9 Å². The minimum Gasteiger partial charge on any atom is -0.453 e. The predicted molar refractivity (Wildman–Crippen MR) is 78.1 cm³/mol. The van der Waals surface area contributed by atoms with E-state index in [2.05, 4.69) is 15.4 Å². The first kappa shape index (κ1) is 16.8. The van der Waals surface area contributed by atoms with E-state index in [4.69, 9.17) is 11.6 Å². The number of anilines is 1. The van der Waals surface area contributed by atoms with Crippen molar-refractivity contribution in [3.63, 3.8) is 0 Å². The van der Waals surface area contributed by atoms with E-state index in [1.54, 1.807) is 24.3 Å². The highest BCUT2D eigenvalue weighted by Crippen LogP contribution is 2.20. The lowest BCUT2D eigenvalue weighted by molar-refractivity contribution is -0.132. The van der Waals surface area contributed by atoms with Gasteiger partial charge in [-0.15, -0.1) is 0 Å². The summed E-state index contributed by atoms with van der Waals surface area (Å²) in [7, 11) is 2.65. The Bertz CT molecular complexity index is 536. The molecule has 0 aliphatic rings. The van der Waals surface area contributed by atoms with Crippen LogP contribution in [0, 0.1) is 0 Å². The minimum atomic E-state index is -0.711. The number of carbonyl (C=O) groups is 3. The molecular formula is C13H16ClN3O4. The molecule has 0 heterocycles. The Kier molecular flexibility index (Phi) is 6.48. The zero-order valence-corrected chi connectivity index (χ0v) is 12.4. The van der Waals surface area contributed by atoms with E-state index in [0.29, 0.717) is 10.7 Å². The van der Waals surface area contributed by atoms with Crippen molar-refractivity contribution in [1.82, 2.24) is 10.2 Å². The molecule has 1 aromatic rings. The van der Waals surface area contributed by atoms with Gasteiger partial charge in [0, 0.05) is 7.05 Å². The van der Waals surface area contributed by atoms with Crippen LogP contribution in [0.1, 0.15) is 0 Å². The number of rotatable bonds is 5. The lowest BCUT2D eigenvalue weighted by atomic mass is 10.3. The largest absolute Gasteiger partial charge is 0.453 e. The normalized spacial score (nSPS) is 9.67. The van der Waals surface area contributed by atoms with Gasteiger partial charge in [-0.05, 0) is 12.1 Å². The average Bonchev–Trinajstić information content (AvgIpc) is 2.46. The number of halogens is 1. The number of para-hydroxylation sites is 1. The second-order valence-corrected chi connectivity index (χ2v) is 4.53. The summed E-state index contributed by atoms with van der Waals surface area (Å²) in [6.45, 7) is -0.407. The van der Waals surface area contributed by atoms with Crippen LogP contribution in [0.2, 0.25) is 5.02 Å². The van der Waals surface area contributed by atoms with Crippen molar-refractivity contribution < 1.29 is 19.1 Å². The number of amides is 3. The Hall–Kier alpha value is -2.28. The van der Waals surface area contributed by atoms with Gasteiger partial charge in [-0.2, -0.15) is 0 Å². The van der Waals surface area contributed by atoms with Crippen molar-refractivity contribution >= 4 is 35.2 Å². The Balaban J connectivity index is 2.45. The third-order valence-corrected chi connectivity index (χ3v) is 2.85. The van der Waals surface area contributed by atoms with E-state index >= 15 is 0 Å². The van der Waals surface area contributed by atoms with E-state index in [1.807, 2.05) is 0 Å². The van der Waals surface area contributed by atoms with Crippen LogP contribution in [-0.4, -0.2) is 50.1 Å². The van der Waals surface area contributed by atoms with Gasteiger partial charge in [0.05, 0.1) is 24.4 Å². The Morgan fingerprint density at radius 1 is 1.29 bits per heavy atom. The molecule has 0 bridgehead atoms. The first-order valence-electron chi connectivity index (χ1n) is 6.04. The molecule has 0 saturated heterocycles. The molecule has 0 aliphatic heterocycles. The van der Waals surface area contributed by atoms with Crippen molar-refractivity contribution in [1.29, 1.82) is 0 Å². The minimum absolute atomic E-state index is 0.160. The number of likely N-dealkylation sites (N-methyl/N-ethyl adjacent to an activating group) is 1. The van der Waals surface area contributed by atoms with Crippen LogP contribution in [-0.2, 0) is 14.3 Å². The predicted octanol–water partition coefficient (Wildman–Crippen LogP) is 1.09. The van der Waals surface area contributed by atoms with E-state index in [9.17, 15) is 14.4 Å². The Labute approximate surface area is 127 Å². The smallest absolute Gasteiger partial charge is 0.407 e. The fraction of sp³-hybridized carbons (Fsp3) is 0.308. The maximum Gasteiger partial charge on any atom is 0.407 e. The molecule has 3 amide bonds. The van der Waals surface area contributed by atoms with Crippen molar-refractivity contribution in [2.75, 3.05) is 32.6 Å². The molecule has 0 fully saturated rings. The molecule has 0 aromatic heterocycles. The molecule has 0 atom stereocenters. The average molecular weight is 314 g/mol. The summed E-state index contributed by atoms with van der Waals surface area (Å²) in [5.41, 5.74) is 0.470. The van der Waals surface area contributed by atoms with Crippen LogP contribution >= 0.6 is 11.6 Å². The van der Waals surface area contributed by atoms with Crippen molar-refractivity contribution in [3.05, 3.63) is 29.3 Å². The summed E-state index contributed by atoms with van der Waals surface area (Å²) in [5.74, 6) is -0.813. The first-order chi connectivity index (χ1) is 9.93. The molecule has 8 heteroatoms. The monoisotopic (exact) mass is 313 g/mol. The van der Waals surface area contributed by atoms with E-state index in [-0.39, 0.29) is 13.1 Å². The van der Waals surface area contributed by atoms with E-state index in [0.717, 1.165) is 0 Å². The molecule has 2 N–H and O–H groups in total. The summed E-state index contributed by atoms with van der Waals surface area (Å²) in [6.07, 6.45) is -0.711. The van der Waals surface area contributed by atoms with Crippen molar-refractivity contribution in [3.8, 4) is 0 Å². The van der Waals surface area contributed by atoms with Crippen LogP contribution in [0.4, 0.5) is 10.5 Å². The topological polar surface area (TPSA) is 87.7 Å². The van der Waals surface area contributed by atoms with Gasteiger partial charge in [0.1, 0.15) is 6.54 Å². The lowest BCUT2D eigenvalue weighted by Gasteiger charge is -2.17. The van der Waals surface area contributed by atoms with Crippen LogP contribution < -0.4 is 10.6 Å². The maximum atomic E-state index is 11.8. The SMILES string of the molecule is COC(=O)NCC(=O)N(C)CC(=O)Nc1ccccc1Cl. The fourth-order valence-electron chi connectivity index (χ4n) is 1.41. The molecular weight excluding hydrogens is 298 g/mol. The number of hydrogen-bond donors (Lipinski definition) is 2. The fourth-order valence-corrected chi connectivity index (χ4v) is 1.59. The molecule has 0 saturated carbocycles. The number of ether oxygens (including phenoxy) is 1. The molecule has 1 rings (SSSR count). The molecule has 0 spiro atoms. The molecule has 21 heavy (non-hydrogen) atoms. The summed E-state index contributed by atoms with van der Waals surface area (Å²) in [5, 5.41) is 5.24. The van der Waals surface area contributed by atoms with Gasteiger partial charge in [-0.1, -0.05) is 23.7 Å². The van der Waals surface area contributed by atoms with Gasteiger partial charge in [-0.3, -0.25) is 9.59 Å². The van der Waals surface area contributed by atoms with Crippen LogP contribution in [0.5, 0.6) is 0 Å². The number of nitrogens with zero attached hydrogens (tertiary/aromatic N) is 1. The second kappa shape index (κ2) is 8.11. The molecule has 0 unspecified atom stereocenters. The van der Waals surface area contributed by atoms with Crippen LogP contribution in [0.15, 0.2) is 24.3 Å². The molecule has 0 radical (unpaired) electrons. The molecule has 7 nitrogen and oxygen atoms in total. The molecule has 114 valence electrons. The van der Waals surface area contributed by atoms with E-state index in [1.165, 1.54) is 19.1 Å². The maximum absolute atomic E-state index is 11.8. The van der Waals surface area contributed by atoms with Gasteiger partial charge in [-0.25, -0.2) is 4.79 Å². The molecule has 1 aromatic carbocycles. The highest BCUT2D eigenvalue weighted by Gasteiger charge is 2.14. The van der Waals surface area contributed by atoms with Gasteiger partial charge in [0.25, 0.3) is 0 Å². The summed E-state index contributed by atoms with van der Waals surface area (Å²) >= 11 is 5.91. The number of benzene rings is 1. The zero-order valence-electron chi connectivity index (χ0n) is 11.7. The third-order valence-electron chi connectivity index (χ3n) is 2.52. The number of nitrogens with one attached hydrogen (secondary N) is 2. The van der Waals surface area contributed by atoms with Crippen molar-refractivity contribution in [2.45, 2.75) is 0 Å². The Morgan fingerprint density at radius 3 is 2.57 bits per heavy atom. The number of hydrogen-bond acceptors (Lipinski definition) is 4. The van der Waals surface area contributed by atoms with Gasteiger partial charge >= 0.3 is 6.09 Å². The quantitative estimate of drug-likeness (QED) is 0.852. The number of alkyl carbamates (subject to hydrolysis) is 1. The highest BCUT2D eigenvalue weighted by atomic mass is 35.5. The summed E-state index contributed by atoms with van der Waals surface area (Å²) < 4.78 is 4.34. The second-order valence-electron chi connectivity index (χ2n) is 4.12. The molecule has 0 aliphatic carbocycles. The highest BCUT2D eigenvalue weighted by molar-refractivity contribution is 6.33. The summed E-state index contributed by atoms with van der Waals surface area (Å²) in [6, 6.07) is 6.77. The lowest BCUT2D eigenvalue weighted by Crippen LogP contribution is -2.41. The van der Waals surface area contributed by atoms with Crippen LogP contribution in [0.25, 0.3) is 0 Å². The van der Waals surface area contributed by atoms with Gasteiger partial charge < -0.3 is 20.3 Å².